The zero-order chi connectivity index (χ0) is 20.9. The molecule has 2 heterocycles. The van der Waals surface area contributed by atoms with Gasteiger partial charge in [0.05, 0.1) is 12.3 Å². The summed E-state index contributed by atoms with van der Waals surface area (Å²) in [6, 6.07) is 9.93. The van der Waals surface area contributed by atoms with Gasteiger partial charge < -0.3 is 5.11 Å². The quantitative estimate of drug-likeness (QED) is 0.510. The molecule has 3 aromatic rings. The minimum Gasteiger partial charge on any atom is -0.382 e. The molecule has 0 fully saturated rings. The maximum Gasteiger partial charge on any atom is 0.212 e. The van der Waals surface area contributed by atoms with Crippen LogP contribution in [0, 0.1) is 0 Å². The van der Waals surface area contributed by atoms with Crippen LogP contribution in [0.15, 0.2) is 55.2 Å². The molecule has 1 unspecified atom stereocenters. The van der Waals surface area contributed by atoms with Gasteiger partial charge in [-0.25, -0.2) is 22.8 Å². The van der Waals surface area contributed by atoms with E-state index in [-0.39, 0.29) is 30.3 Å². The lowest BCUT2D eigenvalue weighted by Crippen LogP contribution is -2.44. The molecule has 3 rings (SSSR count). The molecular weight excluding hydrogens is 437 g/mol. The molecule has 0 amide bonds. The second kappa shape index (κ2) is 9.19. The lowest BCUT2D eigenvalue weighted by atomic mass is 9.94. The van der Waals surface area contributed by atoms with Gasteiger partial charge in [-0.05, 0) is 24.3 Å². The number of hydrogen-bond acceptors (Lipinski definition) is 6. The molecule has 0 saturated carbocycles. The summed E-state index contributed by atoms with van der Waals surface area (Å²) in [6.07, 6.45) is 4.60. The number of aromatic nitrogens is 4. The molecule has 0 aliphatic rings. The first-order valence-electron chi connectivity index (χ1n) is 8.65. The van der Waals surface area contributed by atoms with Gasteiger partial charge >= 0.3 is 0 Å². The van der Waals surface area contributed by atoms with E-state index in [1.165, 1.54) is 23.4 Å². The van der Waals surface area contributed by atoms with Crippen molar-refractivity contribution in [3.8, 4) is 0 Å². The van der Waals surface area contributed by atoms with E-state index in [1.807, 2.05) is 0 Å². The molecule has 29 heavy (non-hydrogen) atoms. The number of nitrogens with zero attached hydrogens (tertiary/aromatic N) is 4. The number of pyridine rings is 1. The Morgan fingerprint density at radius 3 is 2.69 bits per heavy atom. The Morgan fingerprint density at radius 1 is 1.21 bits per heavy atom. The van der Waals surface area contributed by atoms with Gasteiger partial charge in [0.1, 0.15) is 18.3 Å². The molecular formula is C18H19Cl2N5O3S. The first-order chi connectivity index (χ1) is 13.8. The van der Waals surface area contributed by atoms with Crippen molar-refractivity contribution in [2.75, 3.05) is 12.3 Å². The van der Waals surface area contributed by atoms with Crippen LogP contribution < -0.4 is 4.72 Å². The predicted octanol–water partition coefficient (Wildman–Crippen LogP) is 2.03. The van der Waals surface area contributed by atoms with Gasteiger partial charge in [-0.15, -0.1) is 0 Å². The van der Waals surface area contributed by atoms with Crippen LogP contribution in [0.25, 0.3) is 0 Å². The van der Waals surface area contributed by atoms with Crippen LogP contribution in [0.2, 0.25) is 10.0 Å². The lowest BCUT2D eigenvalue weighted by Gasteiger charge is -2.29. The molecule has 0 saturated heterocycles. The fraction of sp³-hybridized carbons (Fsp3) is 0.278. The average molecular weight is 456 g/mol. The van der Waals surface area contributed by atoms with Crippen molar-refractivity contribution in [3.05, 3.63) is 76.6 Å². The van der Waals surface area contributed by atoms with Crippen molar-refractivity contribution in [1.29, 1.82) is 0 Å². The highest BCUT2D eigenvalue weighted by atomic mass is 35.5. The standard InChI is InChI=1S/C18H19Cl2N5O3S/c19-14-4-5-16(17(20)9-14)18(26,11-25-13-21-12-23-25)10-24-29(27,28)8-6-15-3-1-2-7-22-15/h1-5,7,9,12-13,24,26H,6,8,10-11H2. The monoisotopic (exact) mass is 455 g/mol. The number of nitrogens with one attached hydrogen (secondary N) is 1. The van der Waals surface area contributed by atoms with Crippen molar-refractivity contribution < 1.29 is 13.5 Å². The summed E-state index contributed by atoms with van der Waals surface area (Å²) in [7, 11) is -3.69. The Bertz CT molecular complexity index is 1050. The Labute approximate surface area is 178 Å². The summed E-state index contributed by atoms with van der Waals surface area (Å²) in [5, 5.41) is 15.9. The normalized spacial score (nSPS) is 13.9. The van der Waals surface area contributed by atoms with E-state index in [4.69, 9.17) is 23.2 Å². The van der Waals surface area contributed by atoms with Gasteiger partial charge in [0.2, 0.25) is 10.0 Å². The summed E-state index contributed by atoms with van der Waals surface area (Å²) in [4.78, 5) is 7.97. The van der Waals surface area contributed by atoms with Crippen molar-refractivity contribution in [3.63, 3.8) is 0 Å². The summed E-state index contributed by atoms with van der Waals surface area (Å²) in [5.74, 6) is -0.169. The molecule has 8 nitrogen and oxygen atoms in total. The third-order valence-corrected chi connectivity index (χ3v) is 6.13. The fourth-order valence-electron chi connectivity index (χ4n) is 2.77. The number of sulfonamides is 1. The Balaban J connectivity index is 1.77. The van der Waals surface area contributed by atoms with Crippen LogP contribution in [0.3, 0.4) is 0 Å². The second-order valence-corrected chi connectivity index (χ2v) is 9.23. The second-order valence-electron chi connectivity index (χ2n) is 6.46. The summed E-state index contributed by atoms with van der Waals surface area (Å²) < 4.78 is 28.8. The molecule has 2 aromatic heterocycles. The van der Waals surface area contributed by atoms with Crippen LogP contribution in [0.5, 0.6) is 0 Å². The number of benzene rings is 1. The summed E-state index contributed by atoms with van der Waals surface area (Å²) in [6.45, 7) is -0.365. The van der Waals surface area contributed by atoms with Crippen LogP contribution >= 0.6 is 23.2 Å². The van der Waals surface area contributed by atoms with E-state index in [0.717, 1.165) is 0 Å². The third kappa shape index (κ3) is 5.97. The smallest absolute Gasteiger partial charge is 0.212 e. The van der Waals surface area contributed by atoms with Crippen LogP contribution in [-0.4, -0.2) is 45.6 Å². The molecule has 0 aliphatic carbocycles. The van der Waals surface area contributed by atoms with E-state index in [1.54, 1.807) is 36.5 Å². The molecule has 0 radical (unpaired) electrons. The number of halogens is 2. The van der Waals surface area contributed by atoms with E-state index >= 15 is 0 Å². The maximum atomic E-state index is 12.5. The maximum absolute atomic E-state index is 12.5. The Hall–Kier alpha value is -2.04. The summed E-state index contributed by atoms with van der Waals surface area (Å²) >= 11 is 12.2. The van der Waals surface area contributed by atoms with E-state index in [0.29, 0.717) is 16.3 Å². The van der Waals surface area contributed by atoms with Gasteiger partial charge in [-0.3, -0.25) is 4.98 Å². The molecule has 154 valence electrons. The topological polar surface area (TPSA) is 110 Å². The molecule has 1 atom stereocenters. The minimum absolute atomic E-state index is 0.0584. The van der Waals surface area contributed by atoms with E-state index in [2.05, 4.69) is 19.8 Å². The minimum atomic E-state index is -3.69. The van der Waals surface area contributed by atoms with Crippen molar-refractivity contribution in [2.45, 2.75) is 18.6 Å². The summed E-state index contributed by atoms with van der Waals surface area (Å²) in [5.41, 5.74) is -0.684. The fourth-order valence-corrected chi connectivity index (χ4v) is 4.44. The zero-order valence-electron chi connectivity index (χ0n) is 15.2. The van der Waals surface area contributed by atoms with Crippen LogP contribution in [0.1, 0.15) is 11.3 Å². The molecule has 2 N–H and O–H groups in total. The lowest BCUT2D eigenvalue weighted by molar-refractivity contribution is 0.0204. The van der Waals surface area contributed by atoms with Crippen LogP contribution in [0.4, 0.5) is 0 Å². The highest BCUT2D eigenvalue weighted by molar-refractivity contribution is 7.89. The molecule has 0 aliphatic heterocycles. The highest BCUT2D eigenvalue weighted by Crippen LogP contribution is 2.31. The van der Waals surface area contributed by atoms with Gasteiger partial charge in [-0.2, -0.15) is 5.10 Å². The Kier molecular flexibility index (Phi) is 6.86. The number of rotatable bonds is 9. The van der Waals surface area contributed by atoms with Crippen molar-refractivity contribution in [1.82, 2.24) is 24.5 Å². The highest BCUT2D eigenvalue weighted by Gasteiger charge is 2.34. The van der Waals surface area contributed by atoms with Crippen molar-refractivity contribution >= 4 is 33.2 Å². The van der Waals surface area contributed by atoms with Gasteiger partial charge in [0.25, 0.3) is 0 Å². The van der Waals surface area contributed by atoms with E-state index < -0.39 is 15.6 Å². The number of hydrogen-bond donors (Lipinski definition) is 2. The predicted molar refractivity (Wildman–Crippen MR) is 110 cm³/mol. The zero-order valence-corrected chi connectivity index (χ0v) is 17.6. The molecule has 0 spiro atoms. The average Bonchev–Trinajstić information content (AvgIpc) is 3.18. The van der Waals surface area contributed by atoms with Gasteiger partial charge in [-0.1, -0.05) is 35.3 Å². The third-order valence-electron chi connectivity index (χ3n) is 4.26. The first-order valence-corrected chi connectivity index (χ1v) is 11.1. The number of aryl methyl sites for hydroxylation is 1. The number of aliphatic hydroxyl groups is 1. The van der Waals surface area contributed by atoms with Gasteiger partial charge in [0, 0.05) is 40.5 Å². The molecule has 1 aromatic carbocycles. The van der Waals surface area contributed by atoms with E-state index in [9.17, 15) is 13.5 Å². The van der Waals surface area contributed by atoms with Gasteiger partial charge in [0.15, 0.2) is 0 Å². The van der Waals surface area contributed by atoms with Crippen molar-refractivity contribution in [2.24, 2.45) is 0 Å². The molecule has 0 bridgehead atoms. The largest absolute Gasteiger partial charge is 0.382 e. The SMILES string of the molecule is O=S(=O)(CCc1ccccn1)NCC(O)(Cn1cncn1)c1ccc(Cl)cc1Cl. The van der Waals surface area contributed by atoms with Crippen LogP contribution in [-0.2, 0) is 28.6 Å². The first kappa shape index (κ1) is 21.7. The Morgan fingerprint density at radius 2 is 2.03 bits per heavy atom. The molecule has 11 heteroatoms.